The maximum atomic E-state index is 12.4. The van der Waals surface area contributed by atoms with Crippen LogP contribution >= 0.6 is 0 Å². The molecule has 1 heterocycles. The van der Waals surface area contributed by atoms with Crippen LogP contribution in [0.5, 0.6) is 11.5 Å². The highest BCUT2D eigenvalue weighted by molar-refractivity contribution is 6.08. The molecule has 0 bridgehead atoms. The topological polar surface area (TPSA) is 84.9 Å². The van der Waals surface area contributed by atoms with Crippen molar-refractivity contribution in [1.29, 1.82) is 0 Å². The van der Waals surface area contributed by atoms with Gasteiger partial charge < -0.3 is 14.8 Å². The van der Waals surface area contributed by atoms with Crippen molar-refractivity contribution in [3.05, 3.63) is 30.4 Å². The average Bonchev–Trinajstić information content (AvgIpc) is 2.89. The SMILES string of the molecule is CCOc1ccc(NC(=O)CN2C(=O)[C@@H]3CC=CC[C@H]3C2=O)cc1OCC. The van der Waals surface area contributed by atoms with Crippen LogP contribution in [-0.4, -0.2) is 42.4 Å². The van der Waals surface area contributed by atoms with Crippen LogP contribution in [-0.2, 0) is 14.4 Å². The normalized spacial score (nSPS) is 21.2. The molecule has 0 radical (unpaired) electrons. The molecular weight excluding hydrogens is 348 g/mol. The first-order valence-electron chi connectivity index (χ1n) is 9.24. The minimum Gasteiger partial charge on any atom is -0.490 e. The van der Waals surface area contributed by atoms with Gasteiger partial charge in [-0.15, -0.1) is 0 Å². The second-order valence-electron chi connectivity index (χ2n) is 6.49. The van der Waals surface area contributed by atoms with E-state index in [1.165, 1.54) is 0 Å². The van der Waals surface area contributed by atoms with Crippen LogP contribution in [0.25, 0.3) is 0 Å². The minimum absolute atomic E-state index is 0.258. The molecule has 1 aromatic carbocycles. The van der Waals surface area contributed by atoms with Crippen molar-refractivity contribution < 1.29 is 23.9 Å². The summed E-state index contributed by atoms with van der Waals surface area (Å²) in [6.45, 7) is 4.43. The highest BCUT2D eigenvalue weighted by atomic mass is 16.5. The molecule has 1 N–H and O–H groups in total. The Hall–Kier alpha value is -2.83. The van der Waals surface area contributed by atoms with Gasteiger partial charge in [-0.1, -0.05) is 12.2 Å². The molecule has 1 aromatic rings. The van der Waals surface area contributed by atoms with E-state index in [9.17, 15) is 14.4 Å². The molecule has 144 valence electrons. The van der Waals surface area contributed by atoms with Crippen LogP contribution in [0.3, 0.4) is 0 Å². The highest BCUT2D eigenvalue weighted by Crippen LogP contribution is 2.35. The lowest BCUT2D eigenvalue weighted by molar-refractivity contribution is -0.142. The largest absolute Gasteiger partial charge is 0.490 e. The van der Waals surface area contributed by atoms with Crippen molar-refractivity contribution in [3.63, 3.8) is 0 Å². The van der Waals surface area contributed by atoms with E-state index in [0.29, 0.717) is 43.2 Å². The number of likely N-dealkylation sites (tertiary alicyclic amines) is 1. The number of nitrogens with zero attached hydrogens (tertiary/aromatic N) is 1. The Morgan fingerprint density at radius 2 is 1.63 bits per heavy atom. The van der Waals surface area contributed by atoms with Crippen molar-refractivity contribution in [3.8, 4) is 11.5 Å². The number of fused-ring (bicyclic) bond motifs is 1. The summed E-state index contributed by atoms with van der Waals surface area (Å²) in [7, 11) is 0. The number of ether oxygens (including phenoxy) is 2. The number of anilines is 1. The van der Waals surface area contributed by atoms with Crippen LogP contribution in [0.1, 0.15) is 26.7 Å². The maximum absolute atomic E-state index is 12.4. The second-order valence-corrected chi connectivity index (χ2v) is 6.49. The van der Waals surface area contributed by atoms with Gasteiger partial charge in [0.1, 0.15) is 6.54 Å². The molecule has 0 spiro atoms. The fourth-order valence-electron chi connectivity index (χ4n) is 3.50. The van der Waals surface area contributed by atoms with E-state index >= 15 is 0 Å². The van der Waals surface area contributed by atoms with Gasteiger partial charge >= 0.3 is 0 Å². The van der Waals surface area contributed by atoms with Crippen LogP contribution in [0.4, 0.5) is 5.69 Å². The molecule has 0 saturated carbocycles. The third kappa shape index (κ3) is 3.97. The summed E-state index contributed by atoms with van der Waals surface area (Å²) < 4.78 is 11.0. The Balaban J connectivity index is 1.66. The van der Waals surface area contributed by atoms with E-state index in [4.69, 9.17) is 9.47 Å². The number of benzene rings is 1. The van der Waals surface area contributed by atoms with E-state index in [2.05, 4.69) is 5.32 Å². The molecule has 1 aliphatic carbocycles. The standard InChI is InChI=1S/C20H24N2O5/c1-3-26-16-10-9-13(11-17(16)27-4-2)21-18(23)12-22-19(24)14-7-5-6-8-15(14)20(22)25/h5-6,9-11,14-15H,3-4,7-8,12H2,1-2H3,(H,21,23)/t14-,15-/m1/s1. The van der Waals surface area contributed by atoms with Gasteiger partial charge in [-0.2, -0.15) is 0 Å². The third-order valence-corrected chi connectivity index (χ3v) is 4.73. The van der Waals surface area contributed by atoms with Gasteiger partial charge in [0.25, 0.3) is 0 Å². The lowest BCUT2D eigenvalue weighted by Gasteiger charge is -2.16. The van der Waals surface area contributed by atoms with Crippen molar-refractivity contribution in [2.45, 2.75) is 26.7 Å². The molecule has 2 atom stereocenters. The first-order valence-corrected chi connectivity index (χ1v) is 9.24. The zero-order chi connectivity index (χ0) is 19.4. The molecule has 0 unspecified atom stereocenters. The number of allylic oxidation sites excluding steroid dienone is 2. The first kappa shape index (κ1) is 18.9. The van der Waals surface area contributed by atoms with Crippen LogP contribution in [0.15, 0.2) is 30.4 Å². The van der Waals surface area contributed by atoms with Gasteiger partial charge in [0.15, 0.2) is 11.5 Å². The zero-order valence-corrected chi connectivity index (χ0v) is 15.6. The summed E-state index contributed by atoms with van der Waals surface area (Å²) >= 11 is 0. The molecule has 3 amide bonds. The number of hydrogen-bond donors (Lipinski definition) is 1. The van der Waals surface area contributed by atoms with E-state index in [1.54, 1.807) is 18.2 Å². The molecule has 3 rings (SSSR count). The summed E-state index contributed by atoms with van der Waals surface area (Å²) in [5, 5.41) is 2.72. The van der Waals surface area contributed by atoms with Gasteiger partial charge in [-0.25, -0.2) is 0 Å². The predicted molar refractivity (Wildman–Crippen MR) is 99.5 cm³/mol. The fourth-order valence-corrected chi connectivity index (χ4v) is 3.50. The second kappa shape index (κ2) is 8.24. The van der Waals surface area contributed by atoms with Crippen LogP contribution < -0.4 is 14.8 Å². The summed E-state index contributed by atoms with van der Waals surface area (Å²) in [4.78, 5) is 38.4. The summed E-state index contributed by atoms with van der Waals surface area (Å²) in [5.74, 6) is -0.468. The molecule has 1 saturated heterocycles. The van der Waals surface area contributed by atoms with E-state index in [-0.39, 0.29) is 30.2 Å². The smallest absolute Gasteiger partial charge is 0.244 e. The number of hydrogen-bond acceptors (Lipinski definition) is 5. The molecular formula is C20H24N2O5. The monoisotopic (exact) mass is 372 g/mol. The van der Waals surface area contributed by atoms with E-state index < -0.39 is 5.91 Å². The van der Waals surface area contributed by atoms with E-state index in [0.717, 1.165) is 4.90 Å². The quantitative estimate of drug-likeness (QED) is 0.587. The number of rotatable bonds is 7. The first-order chi connectivity index (χ1) is 13.0. The van der Waals surface area contributed by atoms with Crippen molar-refractivity contribution in [2.24, 2.45) is 11.8 Å². The molecule has 0 aromatic heterocycles. The summed E-state index contributed by atoms with van der Waals surface area (Å²) in [5.41, 5.74) is 0.519. The zero-order valence-electron chi connectivity index (χ0n) is 15.6. The van der Waals surface area contributed by atoms with E-state index in [1.807, 2.05) is 26.0 Å². The number of carbonyl (C=O) groups excluding carboxylic acids is 3. The van der Waals surface area contributed by atoms with Gasteiger partial charge in [0.2, 0.25) is 17.7 Å². The Labute approximate surface area is 158 Å². The lowest BCUT2D eigenvalue weighted by Crippen LogP contribution is -2.38. The number of imide groups is 1. The predicted octanol–water partition coefficient (Wildman–Crippen LogP) is 2.37. The highest BCUT2D eigenvalue weighted by Gasteiger charge is 2.47. The van der Waals surface area contributed by atoms with Gasteiger partial charge in [0, 0.05) is 11.8 Å². The van der Waals surface area contributed by atoms with Crippen molar-refractivity contribution in [2.75, 3.05) is 25.1 Å². The molecule has 7 heteroatoms. The third-order valence-electron chi connectivity index (χ3n) is 4.73. The van der Waals surface area contributed by atoms with Gasteiger partial charge in [0.05, 0.1) is 25.0 Å². The Bertz CT molecular complexity index is 748. The van der Waals surface area contributed by atoms with Crippen LogP contribution in [0, 0.1) is 11.8 Å². The summed E-state index contributed by atoms with van der Waals surface area (Å²) in [6, 6.07) is 5.09. The van der Waals surface area contributed by atoms with Gasteiger partial charge in [-0.3, -0.25) is 19.3 Å². The Morgan fingerprint density at radius 1 is 1.04 bits per heavy atom. The number of carbonyl (C=O) groups is 3. The molecule has 1 fully saturated rings. The Morgan fingerprint density at radius 3 is 2.22 bits per heavy atom. The van der Waals surface area contributed by atoms with Crippen molar-refractivity contribution in [1.82, 2.24) is 4.90 Å². The molecule has 1 aliphatic heterocycles. The molecule has 2 aliphatic rings. The minimum atomic E-state index is -0.421. The average molecular weight is 372 g/mol. The lowest BCUT2D eigenvalue weighted by atomic mass is 9.85. The maximum Gasteiger partial charge on any atom is 0.244 e. The Kier molecular flexibility index (Phi) is 5.78. The van der Waals surface area contributed by atoms with Crippen LogP contribution in [0.2, 0.25) is 0 Å². The van der Waals surface area contributed by atoms with Crippen molar-refractivity contribution >= 4 is 23.4 Å². The molecule has 27 heavy (non-hydrogen) atoms. The number of nitrogens with one attached hydrogen (secondary N) is 1. The molecule has 7 nitrogen and oxygen atoms in total. The summed E-state index contributed by atoms with van der Waals surface area (Å²) in [6.07, 6.45) is 4.96. The number of amides is 3. The fraction of sp³-hybridized carbons (Fsp3) is 0.450. The van der Waals surface area contributed by atoms with Gasteiger partial charge in [-0.05, 0) is 38.8 Å².